The Balaban J connectivity index is 1.70. The van der Waals surface area contributed by atoms with Gasteiger partial charge < -0.3 is 19.4 Å². The van der Waals surface area contributed by atoms with Crippen LogP contribution in [0.1, 0.15) is 37.0 Å². The molecule has 3 unspecified atom stereocenters. The van der Waals surface area contributed by atoms with Crippen LogP contribution >= 0.6 is 0 Å². The lowest BCUT2D eigenvalue weighted by Crippen LogP contribution is -2.43. The molecule has 2 aromatic rings. The summed E-state index contributed by atoms with van der Waals surface area (Å²) in [5.74, 6) is -2.38. The van der Waals surface area contributed by atoms with Gasteiger partial charge in [0.25, 0.3) is 5.56 Å². The van der Waals surface area contributed by atoms with Gasteiger partial charge in [0.1, 0.15) is 17.5 Å². The number of carbonyl (C=O) groups excluding carboxylic acids is 2. The Morgan fingerprint density at radius 3 is 3.00 bits per heavy atom. The van der Waals surface area contributed by atoms with Crippen molar-refractivity contribution in [1.82, 2.24) is 9.97 Å². The average Bonchev–Trinajstić information content (AvgIpc) is 3.27. The summed E-state index contributed by atoms with van der Waals surface area (Å²) in [6.45, 7) is 3.03. The fourth-order valence-electron chi connectivity index (χ4n) is 4.05. The van der Waals surface area contributed by atoms with Crippen LogP contribution < -0.4 is 15.8 Å². The number of nitrogens with one attached hydrogen (secondary N) is 2. The normalized spacial score (nSPS) is 23.3. The van der Waals surface area contributed by atoms with Crippen LogP contribution in [0.25, 0.3) is 0 Å². The van der Waals surface area contributed by atoms with Gasteiger partial charge in [0.05, 0.1) is 36.3 Å². The highest BCUT2D eigenvalue weighted by atomic mass is 16.5. The second-order valence-corrected chi connectivity index (χ2v) is 7.28. The second-order valence-electron chi connectivity index (χ2n) is 7.28. The van der Waals surface area contributed by atoms with Crippen LogP contribution in [0.3, 0.4) is 0 Å². The van der Waals surface area contributed by atoms with Crippen molar-refractivity contribution in [3.8, 4) is 6.07 Å². The first kappa shape index (κ1) is 19.7. The first-order chi connectivity index (χ1) is 14.5. The van der Waals surface area contributed by atoms with Gasteiger partial charge in [0.2, 0.25) is 11.9 Å². The Kier molecular flexibility index (Phi) is 5.27. The molecule has 0 saturated carbocycles. The van der Waals surface area contributed by atoms with E-state index >= 15 is 0 Å². The number of amides is 1. The molecule has 0 aliphatic carbocycles. The van der Waals surface area contributed by atoms with Crippen molar-refractivity contribution in [1.29, 1.82) is 5.26 Å². The highest BCUT2D eigenvalue weighted by Gasteiger charge is 2.42. The summed E-state index contributed by atoms with van der Waals surface area (Å²) in [6, 6.07) is 5.21. The van der Waals surface area contributed by atoms with Crippen LogP contribution in [0.4, 0.5) is 11.8 Å². The Labute approximate surface area is 171 Å². The molecule has 2 N–H and O–H groups in total. The van der Waals surface area contributed by atoms with Crippen LogP contribution in [0, 0.1) is 23.2 Å². The molecule has 0 bridgehead atoms. The number of nitriles is 1. The van der Waals surface area contributed by atoms with Crippen molar-refractivity contribution in [2.75, 3.05) is 29.9 Å². The minimum absolute atomic E-state index is 0.102. The quantitative estimate of drug-likeness (QED) is 0.719. The predicted molar refractivity (Wildman–Crippen MR) is 105 cm³/mol. The molecular formula is C20H21N5O5. The van der Waals surface area contributed by atoms with Gasteiger partial charge >= 0.3 is 5.97 Å². The molecule has 2 aromatic heterocycles. The van der Waals surface area contributed by atoms with E-state index in [0.29, 0.717) is 31.9 Å². The molecule has 2 aliphatic rings. The highest BCUT2D eigenvalue weighted by molar-refractivity contribution is 5.97. The Morgan fingerprint density at radius 2 is 2.30 bits per heavy atom. The first-order valence-corrected chi connectivity index (χ1v) is 9.83. The van der Waals surface area contributed by atoms with E-state index in [1.54, 1.807) is 24.0 Å². The number of carbonyl (C=O) groups is 2. The van der Waals surface area contributed by atoms with Crippen molar-refractivity contribution in [2.24, 2.45) is 11.8 Å². The molecule has 4 rings (SSSR count). The van der Waals surface area contributed by atoms with Gasteiger partial charge in [-0.3, -0.25) is 19.4 Å². The summed E-state index contributed by atoms with van der Waals surface area (Å²) >= 11 is 0. The molecule has 10 heteroatoms. The summed E-state index contributed by atoms with van der Waals surface area (Å²) in [4.78, 5) is 46.6. The van der Waals surface area contributed by atoms with E-state index in [0.717, 1.165) is 6.42 Å². The zero-order valence-corrected chi connectivity index (χ0v) is 16.4. The van der Waals surface area contributed by atoms with E-state index in [2.05, 4.69) is 15.3 Å². The van der Waals surface area contributed by atoms with Crippen molar-refractivity contribution in [3.05, 3.63) is 40.1 Å². The number of hydrogen-bond donors (Lipinski definition) is 2. The van der Waals surface area contributed by atoms with E-state index in [9.17, 15) is 19.6 Å². The Morgan fingerprint density at radius 1 is 1.47 bits per heavy atom. The molecule has 1 saturated heterocycles. The molecule has 1 amide bonds. The lowest BCUT2D eigenvalue weighted by atomic mass is 9.82. The third kappa shape index (κ3) is 3.43. The number of piperidine rings is 1. The molecule has 156 valence electrons. The maximum absolute atomic E-state index is 13.0. The molecule has 0 radical (unpaired) electrons. The molecular weight excluding hydrogens is 390 g/mol. The molecule has 30 heavy (non-hydrogen) atoms. The van der Waals surface area contributed by atoms with Gasteiger partial charge in [-0.15, -0.1) is 0 Å². The molecule has 0 aromatic carbocycles. The van der Waals surface area contributed by atoms with Crippen LogP contribution in [0.5, 0.6) is 0 Å². The molecule has 3 atom stereocenters. The second kappa shape index (κ2) is 8.02. The van der Waals surface area contributed by atoms with Gasteiger partial charge in [-0.1, -0.05) is 0 Å². The third-order valence-electron chi connectivity index (χ3n) is 5.44. The molecule has 4 heterocycles. The fourth-order valence-corrected chi connectivity index (χ4v) is 4.05. The average molecular weight is 411 g/mol. The standard InChI is InChI=1S/C20H21N5O5/c1-2-29-19(28)11-5-3-7-25(10-11)20-23-16-15(18(27)24-20)14(13-6-4-8-30-13)12(9-21)17(26)22-16/h4,6,8,11-12,14H,2-3,5,7,10H2,1H3,(H2,22,23,24,26,27). The molecule has 2 aliphatic heterocycles. The fraction of sp³-hybridized carbons (Fsp3) is 0.450. The van der Waals surface area contributed by atoms with E-state index in [-0.39, 0.29) is 29.2 Å². The summed E-state index contributed by atoms with van der Waals surface area (Å²) in [6.07, 6.45) is 2.86. The van der Waals surface area contributed by atoms with E-state index in [1.165, 1.54) is 6.26 Å². The Hall–Kier alpha value is -3.61. The molecule has 1 fully saturated rings. The van der Waals surface area contributed by atoms with Crippen molar-refractivity contribution < 1.29 is 18.7 Å². The lowest BCUT2D eigenvalue weighted by molar-refractivity contribution is -0.148. The summed E-state index contributed by atoms with van der Waals surface area (Å²) < 4.78 is 10.5. The van der Waals surface area contributed by atoms with Crippen LogP contribution in [-0.2, 0) is 14.3 Å². The molecule has 10 nitrogen and oxygen atoms in total. The van der Waals surface area contributed by atoms with Gasteiger partial charge in [-0.25, -0.2) is 0 Å². The SMILES string of the molecule is CCOC(=O)C1CCCN(c2nc3c(c(=O)[nH]2)C(c2ccco2)C(C#N)C(=O)N3)C1. The van der Waals surface area contributed by atoms with E-state index < -0.39 is 23.3 Å². The van der Waals surface area contributed by atoms with Crippen molar-refractivity contribution in [3.63, 3.8) is 0 Å². The maximum atomic E-state index is 13.0. The van der Waals surface area contributed by atoms with Gasteiger partial charge in [-0.05, 0) is 31.9 Å². The van der Waals surface area contributed by atoms with E-state index in [4.69, 9.17) is 9.15 Å². The topological polar surface area (TPSA) is 141 Å². The van der Waals surface area contributed by atoms with Gasteiger partial charge in [-0.2, -0.15) is 10.2 Å². The minimum atomic E-state index is -1.11. The number of H-pyrrole nitrogens is 1. The van der Waals surface area contributed by atoms with Crippen molar-refractivity contribution in [2.45, 2.75) is 25.7 Å². The van der Waals surface area contributed by atoms with Crippen LogP contribution in [-0.4, -0.2) is 41.5 Å². The van der Waals surface area contributed by atoms with E-state index in [1.807, 2.05) is 6.07 Å². The zero-order valence-electron chi connectivity index (χ0n) is 16.4. The number of furan rings is 1. The number of esters is 1. The zero-order chi connectivity index (χ0) is 21.3. The number of aromatic amines is 1. The highest BCUT2D eigenvalue weighted by Crippen LogP contribution is 2.38. The lowest BCUT2D eigenvalue weighted by Gasteiger charge is -2.33. The first-order valence-electron chi connectivity index (χ1n) is 9.83. The van der Waals surface area contributed by atoms with Crippen LogP contribution in [0.2, 0.25) is 0 Å². The monoisotopic (exact) mass is 411 g/mol. The largest absolute Gasteiger partial charge is 0.469 e. The predicted octanol–water partition coefficient (Wildman–Crippen LogP) is 1.37. The number of ether oxygens (including phenoxy) is 1. The number of anilines is 2. The smallest absolute Gasteiger partial charge is 0.310 e. The third-order valence-corrected chi connectivity index (χ3v) is 5.44. The minimum Gasteiger partial charge on any atom is -0.469 e. The summed E-state index contributed by atoms with van der Waals surface area (Å²) in [5.41, 5.74) is -0.284. The number of fused-ring (bicyclic) bond motifs is 1. The number of nitrogens with zero attached hydrogens (tertiary/aromatic N) is 3. The van der Waals surface area contributed by atoms with Crippen LogP contribution in [0.15, 0.2) is 27.6 Å². The maximum Gasteiger partial charge on any atom is 0.310 e. The van der Waals surface area contributed by atoms with Crippen molar-refractivity contribution >= 4 is 23.6 Å². The Bertz CT molecular complexity index is 1050. The van der Waals surface area contributed by atoms with Gasteiger partial charge in [0, 0.05) is 13.1 Å². The molecule has 0 spiro atoms. The number of rotatable bonds is 4. The number of hydrogen-bond acceptors (Lipinski definition) is 8. The van der Waals surface area contributed by atoms with Gasteiger partial charge in [0.15, 0.2) is 0 Å². The summed E-state index contributed by atoms with van der Waals surface area (Å²) in [5, 5.41) is 12.1. The number of aromatic nitrogens is 2. The summed E-state index contributed by atoms with van der Waals surface area (Å²) in [7, 11) is 0.